The van der Waals surface area contributed by atoms with Gasteiger partial charge in [0, 0.05) is 17.1 Å². The lowest BCUT2D eigenvalue weighted by molar-refractivity contribution is 0.170. The quantitative estimate of drug-likeness (QED) is 0.830. The molecular formula is C11H18N2S. The van der Waals surface area contributed by atoms with Crippen LogP contribution in [0, 0.1) is 6.92 Å². The van der Waals surface area contributed by atoms with Crippen LogP contribution in [0.2, 0.25) is 0 Å². The summed E-state index contributed by atoms with van der Waals surface area (Å²) in [7, 11) is 0. The summed E-state index contributed by atoms with van der Waals surface area (Å²) in [4.78, 5) is 4.61. The van der Waals surface area contributed by atoms with Crippen molar-refractivity contribution in [2.75, 3.05) is 0 Å². The predicted molar refractivity (Wildman–Crippen MR) is 60.7 cm³/mol. The number of thiazole rings is 1. The molecule has 1 N–H and O–H groups in total. The van der Waals surface area contributed by atoms with Gasteiger partial charge in [-0.2, -0.15) is 0 Å². The fourth-order valence-electron chi connectivity index (χ4n) is 2.08. The van der Waals surface area contributed by atoms with Gasteiger partial charge in [-0.1, -0.05) is 0 Å². The van der Waals surface area contributed by atoms with Crippen molar-refractivity contribution in [2.24, 2.45) is 0 Å². The van der Waals surface area contributed by atoms with Gasteiger partial charge in [-0.25, -0.2) is 4.98 Å². The highest BCUT2D eigenvalue weighted by Crippen LogP contribution is 2.42. The van der Waals surface area contributed by atoms with Crippen LogP contribution in [0.1, 0.15) is 43.8 Å². The second-order valence-corrected chi connectivity index (χ2v) is 5.39. The number of aromatic nitrogens is 1. The van der Waals surface area contributed by atoms with E-state index in [-0.39, 0.29) is 5.54 Å². The van der Waals surface area contributed by atoms with Gasteiger partial charge in [0.15, 0.2) is 0 Å². The van der Waals surface area contributed by atoms with Gasteiger partial charge < -0.3 is 5.32 Å². The molecule has 1 saturated carbocycles. The van der Waals surface area contributed by atoms with E-state index in [0.29, 0.717) is 6.04 Å². The van der Waals surface area contributed by atoms with Crippen LogP contribution in [-0.2, 0) is 5.54 Å². The number of rotatable bonds is 3. The molecule has 1 heterocycles. The first kappa shape index (κ1) is 10.1. The van der Waals surface area contributed by atoms with Gasteiger partial charge in [-0.3, -0.25) is 0 Å². The van der Waals surface area contributed by atoms with Crippen LogP contribution in [0.15, 0.2) is 5.38 Å². The van der Waals surface area contributed by atoms with Crippen molar-refractivity contribution < 1.29 is 0 Å². The summed E-state index contributed by atoms with van der Waals surface area (Å²) in [6.07, 6.45) is 3.83. The van der Waals surface area contributed by atoms with E-state index in [1.807, 2.05) is 0 Å². The van der Waals surface area contributed by atoms with Gasteiger partial charge in [0.05, 0.1) is 5.54 Å². The van der Waals surface area contributed by atoms with E-state index in [2.05, 4.69) is 36.5 Å². The molecule has 1 aliphatic rings. The van der Waals surface area contributed by atoms with Crippen LogP contribution >= 0.6 is 11.3 Å². The molecule has 14 heavy (non-hydrogen) atoms. The predicted octanol–water partition coefficient (Wildman–Crippen LogP) is 2.83. The van der Waals surface area contributed by atoms with Crippen molar-refractivity contribution in [2.45, 2.75) is 51.6 Å². The maximum atomic E-state index is 4.61. The Morgan fingerprint density at radius 2 is 2.21 bits per heavy atom. The topological polar surface area (TPSA) is 24.9 Å². The minimum Gasteiger partial charge on any atom is -0.303 e. The Kier molecular flexibility index (Phi) is 2.62. The molecule has 1 aliphatic carbocycles. The third-order valence-electron chi connectivity index (χ3n) is 2.80. The molecule has 1 aromatic rings. The molecule has 0 radical (unpaired) electrons. The van der Waals surface area contributed by atoms with Crippen LogP contribution in [0.5, 0.6) is 0 Å². The minimum atomic E-state index is 0.215. The van der Waals surface area contributed by atoms with Crippen molar-refractivity contribution in [3.63, 3.8) is 0 Å². The number of hydrogen-bond donors (Lipinski definition) is 1. The zero-order valence-electron chi connectivity index (χ0n) is 9.13. The molecule has 0 aromatic carbocycles. The molecule has 3 heteroatoms. The summed E-state index contributed by atoms with van der Waals surface area (Å²) < 4.78 is 0. The highest BCUT2D eigenvalue weighted by molar-refractivity contribution is 7.09. The van der Waals surface area contributed by atoms with E-state index in [4.69, 9.17) is 0 Å². The Morgan fingerprint density at radius 3 is 2.57 bits per heavy atom. The molecule has 1 fully saturated rings. The van der Waals surface area contributed by atoms with Gasteiger partial charge in [0.2, 0.25) is 0 Å². The lowest BCUT2D eigenvalue weighted by atomic mass is 9.76. The Hall–Kier alpha value is -0.410. The van der Waals surface area contributed by atoms with E-state index < -0.39 is 0 Å². The number of nitrogens with zero attached hydrogens (tertiary/aromatic N) is 1. The van der Waals surface area contributed by atoms with Gasteiger partial charge in [-0.15, -0.1) is 11.3 Å². The average molecular weight is 210 g/mol. The summed E-state index contributed by atoms with van der Waals surface area (Å²) in [5.41, 5.74) is 1.37. The summed E-state index contributed by atoms with van der Waals surface area (Å²) in [6, 6.07) is 0.541. The van der Waals surface area contributed by atoms with Crippen LogP contribution in [0.3, 0.4) is 0 Å². The van der Waals surface area contributed by atoms with Crippen LogP contribution < -0.4 is 5.32 Å². The fourth-order valence-corrected chi connectivity index (χ4v) is 3.10. The Balaban J connectivity index is 2.20. The highest BCUT2D eigenvalue weighted by atomic mass is 32.1. The zero-order chi connectivity index (χ0) is 10.2. The van der Waals surface area contributed by atoms with E-state index in [1.54, 1.807) is 11.3 Å². The van der Waals surface area contributed by atoms with Crippen molar-refractivity contribution in [3.05, 3.63) is 16.1 Å². The number of hydrogen-bond acceptors (Lipinski definition) is 3. The molecule has 0 aliphatic heterocycles. The maximum Gasteiger partial charge on any atom is 0.113 e. The van der Waals surface area contributed by atoms with Gasteiger partial charge in [0.25, 0.3) is 0 Å². The minimum absolute atomic E-state index is 0.215. The normalized spacial score (nSPS) is 19.7. The van der Waals surface area contributed by atoms with Crippen LogP contribution in [-0.4, -0.2) is 11.0 Å². The largest absolute Gasteiger partial charge is 0.303 e. The van der Waals surface area contributed by atoms with Crippen LogP contribution in [0.25, 0.3) is 0 Å². The van der Waals surface area contributed by atoms with Crippen LogP contribution in [0.4, 0.5) is 0 Å². The molecule has 2 nitrogen and oxygen atoms in total. The van der Waals surface area contributed by atoms with Crippen molar-refractivity contribution in [1.29, 1.82) is 0 Å². The van der Waals surface area contributed by atoms with Crippen molar-refractivity contribution in [3.8, 4) is 0 Å². The van der Waals surface area contributed by atoms with Gasteiger partial charge in [0.1, 0.15) is 5.01 Å². The molecule has 78 valence electrons. The maximum absolute atomic E-state index is 4.61. The molecule has 1 aromatic heterocycles. The first-order valence-electron chi connectivity index (χ1n) is 5.33. The van der Waals surface area contributed by atoms with Crippen molar-refractivity contribution >= 4 is 11.3 Å². The average Bonchev–Trinajstić information content (AvgIpc) is 2.44. The Morgan fingerprint density at radius 1 is 1.50 bits per heavy atom. The van der Waals surface area contributed by atoms with Crippen molar-refractivity contribution in [1.82, 2.24) is 10.3 Å². The Labute approximate surface area is 89.8 Å². The molecule has 0 unspecified atom stereocenters. The molecule has 0 bridgehead atoms. The summed E-state index contributed by atoms with van der Waals surface area (Å²) in [5, 5.41) is 7.11. The first-order valence-corrected chi connectivity index (χ1v) is 6.21. The second kappa shape index (κ2) is 3.63. The van der Waals surface area contributed by atoms with Gasteiger partial charge >= 0.3 is 0 Å². The molecule has 0 amide bonds. The third kappa shape index (κ3) is 1.71. The summed E-state index contributed by atoms with van der Waals surface area (Å²) >= 11 is 1.80. The van der Waals surface area contributed by atoms with E-state index in [1.165, 1.54) is 24.3 Å². The summed E-state index contributed by atoms with van der Waals surface area (Å²) in [5.74, 6) is 0. The number of aryl methyl sites for hydroxylation is 1. The number of nitrogens with one attached hydrogen (secondary N) is 1. The van der Waals surface area contributed by atoms with E-state index in [0.717, 1.165) is 5.69 Å². The molecular weight excluding hydrogens is 192 g/mol. The van der Waals surface area contributed by atoms with E-state index in [9.17, 15) is 0 Å². The lowest BCUT2D eigenvalue weighted by Gasteiger charge is -2.42. The lowest BCUT2D eigenvalue weighted by Crippen LogP contribution is -2.50. The van der Waals surface area contributed by atoms with Gasteiger partial charge in [-0.05, 0) is 40.0 Å². The molecule has 0 spiro atoms. The third-order valence-corrected chi connectivity index (χ3v) is 3.96. The fraction of sp³-hybridized carbons (Fsp3) is 0.727. The SMILES string of the molecule is Cc1csc(C2(NC(C)C)CCC2)n1. The summed E-state index contributed by atoms with van der Waals surface area (Å²) in [6.45, 7) is 6.49. The zero-order valence-corrected chi connectivity index (χ0v) is 9.95. The first-order chi connectivity index (χ1) is 6.62. The molecule has 0 saturated heterocycles. The standard InChI is InChI=1S/C11H18N2S/c1-8(2)13-11(5-4-6-11)10-12-9(3)7-14-10/h7-8,13H,4-6H2,1-3H3. The van der Waals surface area contributed by atoms with E-state index >= 15 is 0 Å². The molecule has 0 atom stereocenters. The molecule has 2 rings (SSSR count). The monoisotopic (exact) mass is 210 g/mol. The second-order valence-electron chi connectivity index (χ2n) is 4.53. The Bertz CT molecular complexity index is 313. The smallest absolute Gasteiger partial charge is 0.113 e. The highest BCUT2D eigenvalue weighted by Gasteiger charge is 2.41.